The number of nitrogens with zero attached hydrogens (tertiary/aromatic N) is 2. The first kappa shape index (κ1) is 27.2. The van der Waals surface area contributed by atoms with Gasteiger partial charge < -0.3 is 9.47 Å². The molecule has 9 heteroatoms. The zero-order valence-corrected chi connectivity index (χ0v) is 21.0. The second-order valence-electron chi connectivity index (χ2n) is 9.26. The standard InChI is InChI=1S/C29H29F3N2O4/c1-37-27(35)24-14-13-23(16-26(24)38-19-20-8-4-2-5-9-20)34(28(36)29(30,31)32)18-21-12-15-25(33-17-21)22-10-6-3-7-11-22/h2,4-5,8-9,12-17,22H,3,6-7,10-11,18-19H2,1H3. The number of esters is 1. The van der Waals surface area contributed by atoms with E-state index >= 15 is 0 Å². The zero-order valence-electron chi connectivity index (χ0n) is 21.0. The Morgan fingerprint density at radius 1 is 0.974 bits per heavy atom. The number of alkyl halides is 3. The number of ether oxygens (including phenoxy) is 2. The zero-order chi connectivity index (χ0) is 27.1. The minimum atomic E-state index is -5.11. The highest BCUT2D eigenvalue weighted by Crippen LogP contribution is 2.33. The summed E-state index contributed by atoms with van der Waals surface area (Å²) in [4.78, 5) is 29.9. The molecule has 3 aromatic rings. The monoisotopic (exact) mass is 526 g/mol. The molecule has 1 aliphatic carbocycles. The molecule has 1 aromatic heterocycles. The molecule has 1 heterocycles. The number of halogens is 3. The lowest BCUT2D eigenvalue weighted by atomic mass is 9.86. The van der Waals surface area contributed by atoms with E-state index in [-0.39, 0.29) is 30.2 Å². The van der Waals surface area contributed by atoms with Gasteiger partial charge >= 0.3 is 18.1 Å². The van der Waals surface area contributed by atoms with Crippen molar-refractivity contribution < 1.29 is 32.2 Å². The van der Waals surface area contributed by atoms with Crippen molar-refractivity contribution in [2.24, 2.45) is 0 Å². The van der Waals surface area contributed by atoms with Crippen LogP contribution in [0, 0.1) is 0 Å². The second-order valence-corrected chi connectivity index (χ2v) is 9.26. The van der Waals surface area contributed by atoms with Gasteiger partial charge in [0.2, 0.25) is 0 Å². The van der Waals surface area contributed by atoms with Crippen LogP contribution in [0.25, 0.3) is 0 Å². The quantitative estimate of drug-likeness (QED) is 0.310. The van der Waals surface area contributed by atoms with Crippen LogP contribution in [0.2, 0.25) is 0 Å². The molecule has 0 N–H and O–H groups in total. The summed E-state index contributed by atoms with van der Waals surface area (Å²) < 4.78 is 51.4. The Bertz CT molecular complexity index is 1240. The summed E-state index contributed by atoms with van der Waals surface area (Å²) in [6.45, 7) is -0.292. The molecular formula is C29H29F3N2O4. The molecule has 1 amide bonds. The first-order valence-corrected chi connectivity index (χ1v) is 12.5. The van der Waals surface area contributed by atoms with Crippen molar-refractivity contribution in [3.05, 3.63) is 89.2 Å². The number of methoxy groups -OCH3 is 1. The molecule has 2 aromatic carbocycles. The van der Waals surface area contributed by atoms with Gasteiger partial charge in [-0.2, -0.15) is 13.2 Å². The van der Waals surface area contributed by atoms with Crippen molar-refractivity contribution in [1.29, 1.82) is 0 Å². The van der Waals surface area contributed by atoms with Crippen molar-refractivity contribution in [3.63, 3.8) is 0 Å². The van der Waals surface area contributed by atoms with Gasteiger partial charge in [0, 0.05) is 29.6 Å². The summed E-state index contributed by atoms with van der Waals surface area (Å²) >= 11 is 0. The van der Waals surface area contributed by atoms with Crippen LogP contribution in [0.5, 0.6) is 5.75 Å². The fraction of sp³-hybridized carbons (Fsp3) is 0.345. The van der Waals surface area contributed by atoms with Crippen LogP contribution in [0.15, 0.2) is 66.9 Å². The van der Waals surface area contributed by atoms with Gasteiger partial charge in [-0.3, -0.25) is 14.7 Å². The Balaban J connectivity index is 1.63. The molecular weight excluding hydrogens is 497 g/mol. The third-order valence-corrected chi connectivity index (χ3v) is 6.62. The van der Waals surface area contributed by atoms with Crippen LogP contribution in [-0.2, 0) is 22.7 Å². The SMILES string of the molecule is COC(=O)c1ccc(N(Cc2ccc(C3CCCCC3)nc2)C(=O)C(F)(F)F)cc1OCc1ccccc1. The molecule has 1 fully saturated rings. The van der Waals surface area contributed by atoms with E-state index in [9.17, 15) is 22.8 Å². The van der Waals surface area contributed by atoms with Crippen LogP contribution in [0.4, 0.5) is 18.9 Å². The van der Waals surface area contributed by atoms with Crippen molar-refractivity contribution in [2.45, 2.75) is 57.3 Å². The van der Waals surface area contributed by atoms with Gasteiger partial charge in [-0.1, -0.05) is 55.7 Å². The van der Waals surface area contributed by atoms with Gasteiger partial charge in [0.05, 0.1) is 13.7 Å². The molecule has 4 rings (SSSR count). The lowest BCUT2D eigenvalue weighted by molar-refractivity contribution is -0.170. The highest BCUT2D eigenvalue weighted by molar-refractivity contribution is 5.99. The lowest BCUT2D eigenvalue weighted by Gasteiger charge is -2.25. The second kappa shape index (κ2) is 12.1. The molecule has 0 aliphatic heterocycles. The van der Waals surface area contributed by atoms with Gasteiger partial charge in [-0.15, -0.1) is 0 Å². The predicted octanol–water partition coefficient (Wildman–Crippen LogP) is 6.59. The number of hydrogen-bond acceptors (Lipinski definition) is 5. The summed E-state index contributed by atoms with van der Waals surface area (Å²) in [7, 11) is 1.20. The summed E-state index contributed by atoms with van der Waals surface area (Å²) in [5, 5.41) is 0. The van der Waals surface area contributed by atoms with Gasteiger partial charge in [0.15, 0.2) is 0 Å². The fourth-order valence-electron chi connectivity index (χ4n) is 4.60. The molecule has 1 saturated carbocycles. The Hall–Kier alpha value is -3.88. The van der Waals surface area contributed by atoms with E-state index in [0.29, 0.717) is 16.4 Å². The summed E-state index contributed by atoms with van der Waals surface area (Å²) in [5.41, 5.74) is 2.12. The maximum absolute atomic E-state index is 13.6. The molecule has 0 bridgehead atoms. The lowest BCUT2D eigenvalue weighted by Crippen LogP contribution is -2.41. The number of pyridine rings is 1. The van der Waals surface area contributed by atoms with Gasteiger partial charge in [-0.25, -0.2) is 4.79 Å². The van der Waals surface area contributed by atoms with Crippen molar-refractivity contribution in [2.75, 3.05) is 12.0 Å². The number of carbonyl (C=O) groups excluding carboxylic acids is 2. The molecule has 0 saturated heterocycles. The number of anilines is 1. The van der Waals surface area contributed by atoms with Gasteiger partial charge in [0.25, 0.3) is 0 Å². The average molecular weight is 527 g/mol. The number of carbonyl (C=O) groups is 2. The molecule has 0 unspecified atom stereocenters. The molecule has 38 heavy (non-hydrogen) atoms. The average Bonchev–Trinajstić information content (AvgIpc) is 2.95. The molecule has 1 aliphatic rings. The summed E-state index contributed by atoms with van der Waals surface area (Å²) in [5.74, 6) is -2.39. The van der Waals surface area contributed by atoms with E-state index in [0.717, 1.165) is 36.9 Å². The number of amides is 1. The molecule has 200 valence electrons. The van der Waals surface area contributed by atoms with E-state index in [4.69, 9.17) is 9.47 Å². The number of aromatic nitrogens is 1. The van der Waals surface area contributed by atoms with Gasteiger partial charge in [-0.05, 0) is 42.2 Å². The minimum Gasteiger partial charge on any atom is -0.488 e. The van der Waals surface area contributed by atoms with E-state index in [1.54, 1.807) is 6.07 Å². The highest BCUT2D eigenvalue weighted by Gasteiger charge is 2.43. The van der Waals surface area contributed by atoms with Crippen LogP contribution in [-0.4, -0.2) is 30.1 Å². The predicted molar refractivity (Wildman–Crippen MR) is 136 cm³/mol. The molecule has 0 radical (unpaired) electrons. The van der Waals surface area contributed by atoms with Crippen molar-refractivity contribution in [3.8, 4) is 5.75 Å². The van der Waals surface area contributed by atoms with Crippen LogP contribution in [0.1, 0.15) is 65.2 Å². The van der Waals surface area contributed by atoms with Crippen molar-refractivity contribution >= 4 is 17.6 Å². The first-order valence-electron chi connectivity index (χ1n) is 12.5. The smallest absolute Gasteiger partial charge is 0.471 e. The maximum Gasteiger partial charge on any atom is 0.471 e. The topological polar surface area (TPSA) is 68.7 Å². The summed E-state index contributed by atoms with van der Waals surface area (Å²) in [6, 6.07) is 16.4. The highest BCUT2D eigenvalue weighted by atomic mass is 19.4. The van der Waals surface area contributed by atoms with Crippen LogP contribution < -0.4 is 9.64 Å². The van der Waals surface area contributed by atoms with Crippen LogP contribution in [0.3, 0.4) is 0 Å². The van der Waals surface area contributed by atoms with Gasteiger partial charge in [0.1, 0.15) is 17.9 Å². The fourth-order valence-corrected chi connectivity index (χ4v) is 4.60. The Kier molecular flexibility index (Phi) is 8.66. The van der Waals surface area contributed by atoms with Crippen molar-refractivity contribution in [1.82, 2.24) is 4.98 Å². The number of benzene rings is 2. The van der Waals surface area contributed by atoms with E-state index in [2.05, 4.69) is 4.98 Å². The molecule has 0 atom stereocenters. The van der Waals surface area contributed by atoms with E-state index < -0.39 is 18.1 Å². The number of hydrogen-bond donors (Lipinski definition) is 0. The third kappa shape index (κ3) is 6.70. The first-order chi connectivity index (χ1) is 18.3. The third-order valence-electron chi connectivity index (χ3n) is 6.62. The van der Waals surface area contributed by atoms with E-state index in [1.165, 1.54) is 37.9 Å². The number of rotatable bonds is 8. The molecule has 0 spiro atoms. The van der Waals surface area contributed by atoms with E-state index in [1.807, 2.05) is 36.4 Å². The largest absolute Gasteiger partial charge is 0.488 e. The maximum atomic E-state index is 13.6. The Morgan fingerprint density at radius 2 is 1.71 bits per heavy atom. The van der Waals surface area contributed by atoms with Crippen LogP contribution >= 0.6 is 0 Å². The normalized spacial score (nSPS) is 14.1. The summed E-state index contributed by atoms with van der Waals surface area (Å²) in [6.07, 6.45) is 1.98. The Morgan fingerprint density at radius 3 is 2.34 bits per heavy atom. The molecule has 6 nitrogen and oxygen atoms in total. The Labute approximate surface area is 219 Å². The minimum absolute atomic E-state index is 0.00366.